The lowest BCUT2D eigenvalue weighted by atomic mass is 9.96. The molecule has 2 heterocycles. The number of nitrogens with zero attached hydrogens (tertiary/aromatic N) is 1. The minimum atomic E-state index is 0. The molecule has 1 aromatic carbocycles. The molecule has 1 aromatic rings. The number of anilines is 1. The summed E-state index contributed by atoms with van der Waals surface area (Å²) >= 11 is 0. The highest BCUT2D eigenvalue weighted by Crippen LogP contribution is 2.30. The number of hydrogen-bond donors (Lipinski definition) is 1. The second-order valence-corrected chi connectivity index (χ2v) is 4.89. The van der Waals surface area contributed by atoms with Crippen LogP contribution in [0.3, 0.4) is 0 Å². The van der Waals surface area contributed by atoms with Crippen molar-refractivity contribution >= 4 is 24.0 Å². The molecule has 0 aromatic heterocycles. The zero-order chi connectivity index (χ0) is 11.7. The number of carbonyl (C=O) groups is 1. The minimum Gasteiger partial charge on any atom is -0.317 e. The molecule has 0 radical (unpaired) electrons. The Morgan fingerprint density at radius 3 is 2.72 bits per heavy atom. The highest BCUT2D eigenvalue weighted by molar-refractivity contribution is 5.97. The summed E-state index contributed by atoms with van der Waals surface area (Å²) < 4.78 is 0. The Morgan fingerprint density at radius 1 is 1.22 bits per heavy atom. The summed E-state index contributed by atoms with van der Waals surface area (Å²) in [5.41, 5.74) is 2.45. The largest absolute Gasteiger partial charge is 0.317 e. The molecule has 0 aliphatic carbocycles. The van der Waals surface area contributed by atoms with Crippen LogP contribution in [0.15, 0.2) is 24.3 Å². The van der Waals surface area contributed by atoms with Gasteiger partial charge in [-0.15, -0.1) is 12.4 Å². The van der Waals surface area contributed by atoms with Gasteiger partial charge >= 0.3 is 0 Å². The van der Waals surface area contributed by atoms with Crippen LogP contribution in [0, 0.1) is 5.92 Å². The maximum absolute atomic E-state index is 12.5. The number of benzene rings is 1. The SMILES string of the molecule is Cl.O=C(C1CCNCC1)N1CCc2ccccc21. The van der Waals surface area contributed by atoms with Crippen LogP contribution < -0.4 is 10.2 Å². The van der Waals surface area contributed by atoms with Crippen molar-refractivity contribution in [2.24, 2.45) is 5.92 Å². The van der Waals surface area contributed by atoms with Gasteiger partial charge in [-0.1, -0.05) is 18.2 Å². The van der Waals surface area contributed by atoms with E-state index in [2.05, 4.69) is 23.5 Å². The first kappa shape index (κ1) is 13.4. The van der Waals surface area contributed by atoms with Gasteiger partial charge in [0.25, 0.3) is 0 Å². The number of para-hydroxylation sites is 1. The number of carbonyl (C=O) groups excluding carboxylic acids is 1. The molecule has 0 bridgehead atoms. The average Bonchev–Trinajstić information content (AvgIpc) is 2.83. The quantitative estimate of drug-likeness (QED) is 0.843. The maximum Gasteiger partial charge on any atom is 0.230 e. The van der Waals surface area contributed by atoms with E-state index in [1.807, 2.05) is 11.0 Å². The summed E-state index contributed by atoms with van der Waals surface area (Å²) in [4.78, 5) is 14.5. The molecule has 1 fully saturated rings. The van der Waals surface area contributed by atoms with E-state index >= 15 is 0 Å². The predicted octanol–water partition coefficient (Wildman–Crippen LogP) is 2.00. The fourth-order valence-corrected chi connectivity index (χ4v) is 2.86. The summed E-state index contributed by atoms with van der Waals surface area (Å²) in [6.45, 7) is 2.82. The Kier molecular flexibility index (Phi) is 4.25. The maximum atomic E-state index is 12.5. The molecule has 0 atom stereocenters. The van der Waals surface area contributed by atoms with Gasteiger partial charge in [0.05, 0.1) is 0 Å². The second kappa shape index (κ2) is 5.72. The molecule has 0 unspecified atom stereocenters. The monoisotopic (exact) mass is 266 g/mol. The summed E-state index contributed by atoms with van der Waals surface area (Å²) in [5, 5.41) is 3.31. The fourth-order valence-electron chi connectivity index (χ4n) is 2.86. The molecule has 3 nitrogen and oxygen atoms in total. The molecule has 3 rings (SSSR count). The van der Waals surface area contributed by atoms with Crippen molar-refractivity contribution in [2.45, 2.75) is 19.3 Å². The van der Waals surface area contributed by atoms with Crippen LogP contribution in [-0.2, 0) is 11.2 Å². The van der Waals surface area contributed by atoms with Crippen molar-refractivity contribution < 1.29 is 4.79 Å². The predicted molar refractivity (Wildman–Crippen MR) is 75.3 cm³/mol. The van der Waals surface area contributed by atoms with Gasteiger partial charge in [-0.2, -0.15) is 0 Å². The van der Waals surface area contributed by atoms with E-state index < -0.39 is 0 Å². The number of rotatable bonds is 1. The van der Waals surface area contributed by atoms with E-state index in [4.69, 9.17) is 0 Å². The smallest absolute Gasteiger partial charge is 0.230 e. The van der Waals surface area contributed by atoms with E-state index in [9.17, 15) is 4.79 Å². The lowest BCUT2D eigenvalue weighted by Crippen LogP contribution is -2.40. The van der Waals surface area contributed by atoms with E-state index in [0.717, 1.165) is 44.6 Å². The molecule has 0 spiro atoms. The molecule has 1 saturated heterocycles. The molecule has 0 saturated carbocycles. The number of halogens is 1. The van der Waals surface area contributed by atoms with Crippen molar-refractivity contribution in [1.29, 1.82) is 0 Å². The van der Waals surface area contributed by atoms with Crippen LogP contribution in [-0.4, -0.2) is 25.5 Å². The van der Waals surface area contributed by atoms with Crippen LogP contribution >= 0.6 is 12.4 Å². The van der Waals surface area contributed by atoms with Crippen LogP contribution in [0.2, 0.25) is 0 Å². The Morgan fingerprint density at radius 2 is 1.94 bits per heavy atom. The zero-order valence-electron chi connectivity index (χ0n) is 10.4. The van der Waals surface area contributed by atoms with Crippen LogP contribution in [0.25, 0.3) is 0 Å². The van der Waals surface area contributed by atoms with Crippen molar-refractivity contribution in [3.63, 3.8) is 0 Å². The first-order valence-electron chi connectivity index (χ1n) is 6.46. The number of hydrogen-bond acceptors (Lipinski definition) is 2. The van der Waals surface area contributed by atoms with Crippen molar-refractivity contribution in [1.82, 2.24) is 5.32 Å². The van der Waals surface area contributed by atoms with E-state index in [1.165, 1.54) is 5.56 Å². The first-order chi connectivity index (χ1) is 8.36. The zero-order valence-corrected chi connectivity index (χ0v) is 11.2. The Hall–Kier alpha value is -1.06. The summed E-state index contributed by atoms with van der Waals surface area (Å²) in [5.74, 6) is 0.554. The third kappa shape index (κ3) is 2.38. The number of fused-ring (bicyclic) bond motifs is 1. The van der Waals surface area contributed by atoms with E-state index in [-0.39, 0.29) is 18.3 Å². The molecule has 98 valence electrons. The van der Waals surface area contributed by atoms with Crippen LogP contribution in [0.4, 0.5) is 5.69 Å². The Bertz CT molecular complexity index is 430. The van der Waals surface area contributed by atoms with Gasteiger partial charge in [0, 0.05) is 18.2 Å². The Balaban J connectivity index is 0.00000120. The van der Waals surface area contributed by atoms with Gasteiger partial charge in [0.1, 0.15) is 0 Å². The topological polar surface area (TPSA) is 32.3 Å². The van der Waals surface area contributed by atoms with E-state index in [1.54, 1.807) is 0 Å². The normalized spacial score (nSPS) is 19.2. The summed E-state index contributed by atoms with van der Waals surface area (Å²) in [6, 6.07) is 8.27. The highest BCUT2D eigenvalue weighted by atomic mass is 35.5. The summed E-state index contributed by atoms with van der Waals surface area (Å²) in [6.07, 6.45) is 2.97. The van der Waals surface area contributed by atoms with Gasteiger partial charge in [-0.3, -0.25) is 4.79 Å². The molecular formula is C14H19ClN2O. The van der Waals surface area contributed by atoms with Gasteiger partial charge in [0.15, 0.2) is 0 Å². The van der Waals surface area contributed by atoms with Crippen LogP contribution in [0.5, 0.6) is 0 Å². The van der Waals surface area contributed by atoms with Gasteiger partial charge in [-0.05, 0) is 44.0 Å². The third-order valence-corrected chi connectivity index (χ3v) is 3.84. The fraction of sp³-hybridized carbons (Fsp3) is 0.500. The standard InChI is InChI=1S/C14H18N2O.ClH/c17-14(12-5-8-15-9-6-12)16-10-7-11-3-1-2-4-13(11)16;/h1-4,12,15H,5-10H2;1H. The number of amides is 1. The van der Waals surface area contributed by atoms with Crippen molar-refractivity contribution in [2.75, 3.05) is 24.5 Å². The van der Waals surface area contributed by atoms with Crippen molar-refractivity contribution in [3.8, 4) is 0 Å². The van der Waals surface area contributed by atoms with Crippen LogP contribution in [0.1, 0.15) is 18.4 Å². The molecule has 18 heavy (non-hydrogen) atoms. The minimum absolute atomic E-state index is 0. The van der Waals surface area contributed by atoms with Gasteiger partial charge in [0.2, 0.25) is 5.91 Å². The lowest BCUT2D eigenvalue weighted by Gasteiger charge is -2.27. The molecule has 4 heteroatoms. The molecule has 1 N–H and O–H groups in total. The number of piperidine rings is 1. The second-order valence-electron chi connectivity index (χ2n) is 4.89. The molecule has 1 amide bonds. The third-order valence-electron chi connectivity index (χ3n) is 3.84. The summed E-state index contributed by atoms with van der Waals surface area (Å²) in [7, 11) is 0. The number of nitrogens with one attached hydrogen (secondary N) is 1. The highest BCUT2D eigenvalue weighted by Gasteiger charge is 2.30. The van der Waals surface area contributed by atoms with Crippen molar-refractivity contribution in [3.05, 3.63) is 29.8 Å². The average molecular weight is 267 g/mol. The molecule has 2 aliphatic heterocycles. The van der Waals surface area contributed by atoms with E-state index in [0.29, 0.717) is 5.91 Å². The molecule has 2 aliphatic rings. The van der Waals surface area contributed by atoms with Gasteiger partial charge < -0.3 is 10.2 Å². The molecular weight excluding hydrogens is 248 g/mol. The first-order valence-corrected chi connectivity index (χ1v) is 6.46. The van der Waals surface area contributed by atoms with Gasteiger partial charge in [-0.25, -0.2) is 0 Å². The lowest BCUT2D eigenvalue weighted by molar-refractivity contribution is -0.123. The Labute approximate surface area is 114 Å².